The molecule has 6 heteroatoms. The van der Waals surface area contributed by atoms with Crippen molar-refractivity contribution >= 4 is 16.9 Å². The highest BCUT2D eigenvalue weighted by molar-refractivity contribution is 5.91. The predicted octanol–water partition coefficient (Wildman–Crippen LogP) is 4.58. The molecule has 1 saturated heterocycles. The number of hydrogen-bond donors (Lipinski definition) is 0. The van der Waals surface area contributed by atoms with E-state index in [4.69, 9.17) is 19.8 Å². The lowest BCUT2D eigenvalue weighted by molar-refractivity contribution is 0.413. The van der Waals surface area contributed by atoms with E-state index in [1.165, 1.54) is 30.4 Å². The predicted molar refractivity (Wildman–Crippen MR) is 122 cm³/mol. The molecule has 0 radical (unpaired) electrons. The summed E-state index contributed by atoms with van der Waals surface area (Å²) in [5, 5.41) is 5.05. The third kappa shape index (κ3) is 3.05. The number of nitrogens with zero attached hydrogens (tertiary/aromatic N) is 5. The van der Waals surface area contributed by atoms with Crippen molar-refractivity contribution in [3.05, 3.63) is 59.9 Å². The van der Waals surface area contributed by atoms with Crippen LogP contribution < -0.4 is 9.64 Å². The lowest BCUT2D eigenvalue weighted by Crippen LogP contribution is -2.18. The first kappa shape index (κ1) is 18.4. The topological polar surface area (TPSA) is 56.1 Å². The van der Waals surface area contributed by atoms with Crippen LogP contribution in [-0.4, -0.2) is 39.9 Å². The first-order chi connectivity index (χ1) is 15.3. The molecule has 6 nitrogen and oxygen atoms in total. The number of aromatic nitrogens is 4. The molecule has 2 aliphatic rings. The zero-order valence-electron chi connectivity index (χ0n) is 17.7. The third-order valence-corrected chi connectivity index (χ3v) is 6.53. The van der Waals surface area contributed by atoms with Crippen molar-refractivity contribution in [2.75, 3.05) is 25.1 Å². The molecule has 0 N–H and O–H groups in total. The van der Waals surface area contributed by atoms with Crippen LogP contribution in [-0.2, 0) is 12.8 Å². The minimum Gasteiger partial charge on any atom is -0.495 e. The molecule has 6 rings (SSSR count). The Morgan fingerprint density at radius 3 is 2.65 bits per heavy atom. The Kier molecular flexibility index (Phi) is 4.37. The summed E-state index contributed by atoms with van der Waals surface area (Å²) in [6.45, 7) is 2.18. The first-order valence-corrected chi connectivity index (χ1v) is 11.1. The van der Waals surface area contributed by atoms with Crippen molar-refractivity contribution in [1.82, 2.24) is 19.7 Å². The molecular weight excluding hydrogens is 386 g/mol. The van der Waals surface area contributed by atoms with Gasteiger partial charge in [0.15, 0.2) is 0 Å². The van der Waals surface area contributed by atoms with Crippen molar-refractivity contribution in [1.29, 1.82) is 0 Å². The van der Waals surface area contributed by atoms with Crippen molar-refractivity contribution < 1.29 is 4.74 Å². The number of rotatable bonds is 4. The fraction of sp³-hybridized carbons (Fsp3) is 0.320. The molecule has 31 heavy (non-hydrogen) atoms. The summed E-state index contributed by atoms with van der Waals surface area (Å²) in [5.41, 5.74) is 7.62. The van der Waals surface area contributed by atoms with E-state index in [-0.39, 0.29) is 0 Å². The summed E-state index contributed by atoms with van der Waals surface area (Å²) in [6.07, 6.45) is 9.60. The van der Waals surface area contributed by atoms with E-state index in [2.05, 4.69) is 35.2 Å². The van der Waals surface area contributed by atoms with Crippen LogP contribution in [0.25, 0.3) is 28.0 Å². The van der Waals surface area contributed by atoms with Crippen LogP contribution in [0.5, 0.6) is 5.75 Å². The van der Waals surface area contributed by atoms with Crippen LogP contribution >= 0.6 is 0 Å². The molecule has 0 spiro atoms. The van der Waals surface area contributed by atoms with Gasteiger partial charge in [0.2, 0.25) is 0 Å². The maximum atomic E-state index is 5.47. The molecule has 0 saturated carbocycles. The second-order valence-electron chi connectivity index (χ2n) is 8.37. The van der Waals surface area contributed by atoms with Gasteiger partial charge in [0, 0.05) is 30.9 Å². The van der Waals surface area contributed by atoms with Gasteiger partial charge in [0.1, 0.15) is 22.8 Å². The number of ether oxygens (including phenoxy) is 1. The molecule has 3 aromatic heterocycles. The van der Waals surface area contributed by atoms with Crippen molar-refractivity contribution in [2.24, 2.45) is 0 Å². The quantitative estimate of drug-likeness (QED) is 0.492. The Bertz CT molecular complexity index is 1260. The van der Waals surface area contributed by atoms with Crippen LogP contribution in [0.2, 0.25) is 0 Å². The minimum atomic E-state index is 0.732. The second kappa shape index (κ2) is 7.38. The Morgan fingerprint density at radius 1 is 0.935 bits per heavy atom. The van der Waals surface area contributed by atoms with Crippen LogP contribution in [0.1, 0.15) is 30.4 Å². The van der Waals surface area contributed by atoms with E-state index >= 15 is 0 Å². The molecule has 0 amide bonds. The summed E-state index contributed by atoms with van der Waals surface area (Å²) >= 11 is 0. The van der Waals surface area contributed by atoms with E-state index in [0.717, 1.165) is 65.5 Å². The first-order valence-electron chi connectivity index (χ1n) is 11.1. The molecule has 156 valence electrons. The Hall–Kier alpha value is -3.41. The summed E-state index contributed by atoms with van der Waals surface area (Å²) in [4.78, 5) is 11.8. The molecule has 0 unspecified atom stereocenters. The molecule has 1 aromatic carbocycles. The van der Waals surface area contributed by atoms with E-state index in [9.17, 15) is 0 Å². The average molecular weight is 412 g/mol. The van der Waals surface area contributed by atoms with Crippen LogP contribution in [0.15, 0.2) is 48.8 Å². The lowest BCUT2D eigenvalue weighted by atomic mass is 10.1. The van der Waals surface area contributed by atoms with Gasteiger partial charge in [-0.2, -0.15) is 5.10 Å². The summed E-state index contributed by atoms with van der Waals surface area (Å²) in [6, 6.07) is 12.8. The van der Waals surface area contributed by atoms with E-state index in [1.807, 2.05) is 16.9 Å². The van der Waals surface area contributed by atoms with Crippen LogP contribution in [0, 0.1) is 0 Å². The molecule has 4 aromatic rings. The highest BCUT2D eigenvalue weighted by Crippen LogP contribution is 2.34. The maximum Gasteiger partial charge on any atom is 0.139 e. The van der Waals surface area contributed by atoms with Crippen LogP contribution in [0.3, 0.4) is 0 Å². The van der Waals surface area contributed by atoms with E-state index in [0.29, 0.717) is 0 Å². The molecular formula is C25H25N5O. The van der Waals surface area contributed by atoms with Gasteiger partial charge in [-0.3, -0.25) is 0 Å². The zero-order valence-corrected chi connectivity index (χ0v) is 17.7. The third-order valence-electron chi connectivity index (χ3n) is 6.53. The van der Waals surface area contributed by atoms with E-state index < -0.39 is 0 Å². The Morgan fingerprint density at radius 2 is 1.84 bits per heavy atom. The molecule has 1 fully saturated rings. The fourth-order valence-electron chi connectivity index (χ4n) is 4.93. The molecule has 0 atom stereocenters. The summed E-state index contributed by atoms with van der Waals surface area (Å²) < 4.78 is 7.51. The van der Waals surface area contributed by atoms with Gasteiger partial charge in [-0.15, -0.1) is 0 Å². The molecule has 1 aliphatic heterocycles. The van der Waals surface area contributed by atoms with Crippen LogP contribution in [0.4, 0.5) is 5.82 Å². The van der Waals surface area contributed by atoms with Crippen molar-refractivity contribution in [2.45, 2.75) is 32.1 Å². The molecule has 4 heterocycles. The van der Waals surface area contributed by atoms with Gasteiger partial charge < -0.3 is 9.64 Å². The Labute approximate surface area is 181 Å². The number of aryl methyl sites for hydroxylation is 1. The second-order valence-corrected chi connectivity index (χ2v) is 8.37. The number of benzene rings is 1. The number of hydrogen-bond acceptors (Lipinski definition) is 5. The monoisotopic (exact) mass is 411 g/mol. The lowest BCUT2D eigenvalue weighted by Gasteiger charge is -2.15. The highest BCUT2D eigenvalue weighted by atomic mass is 16.5. The smallest absolute Gasteiger partial charge is 0.139 e. The maximum absolute atomic E-state index is 5.47. The average Bonchev–Trinajstić information content (AvgIpc) is 3.58. The normalized spacial score (nSPS) is 15.6. The zero-order chi connectivity index (χ0) is 20.8. The largest absolute Gasteiger partial charge is 0.495 e. The van der Waals surface area contributed by atoms with Gasteiger partial charge in [-0.1, -0.05) is 12.1 Å². The molecule has 0 bridgehead atoms. The standard InChI is InChI=1S/C25H25N5O/c1-31-19-14-22-25(27-16-19)24(18-10-11-23(26-15-18)29-12-2-3-13-29)28-30(22)21-9-5-7-17-6-4-8-20(17)21/h5,7,9-11,14-16H,2-4,6,8,12-13H2,1H3. The minimum absolute atomic E-state index is 0.732. The van der Waals surface area contributed by atoms with Gasteiger partial charge in [0.25, 0.3) is 0 Å². The van der Waals surface area contributed by atoms with Gasteiger partial charge >= 0.3 is 0 Å². The van der Waals surface area contributed by atoms with Gasteiger partial charge in [-0.05, 0) is 61.4 Å². The van der Waals surface area contributed by atoms with Gasteiger partial charge in [-0.25, -0.2) is 14.6 Å². The number of pyridine rings is 2. The molecule has 1 aliphatic carbocycles. The van der Waals surface area contributed by atoms with E-state index in [1.54, 1.807) is 13.3 Å². The number of fused-ring (bicyclic) bond motifs is 2. The summed E-state index contributed by atoms with van der Waals surface area (Å²) in [5.74, 6) is 1.77. The van der Waals surface area contributed by atoms with Crippen molar-refractivity contribution in [3.63, 3.8) is 0 Å². The highest BCUT2D eigenvalue weighted by Gasteiger charge is 2.21. The number of methoxy groups -OCH3 is 1. The SMILES string of the molecule is COc1cnc2c(-c3ccc(N4CCCC4)nc3)nn(-c3cccc4c3CCC4)c2c1. The summed E-state index contributed by atoms with van der Waals surface area (Å²) in [7, 11) is 1.67. The van der Waals surface area contributed by atoms with Gasteiger partial charge in [0.05, 0.1) is 24.5 Å². The van der Waals surface area contributed by atoms with Crippen molar-refractivity contribution in [3.8, 4) is 22.7 Å². The number of anilines is 1. The Balaban J connectivity index is 1.51. The fourth-order valence-corrected chi connectivity index (χ4v) is 4.93.